The molecule has 0 bridgehead atoms. The molecule has 0 aromatic heterocycles. The predicted octanol–water partition coefficient (Wildman–Crippen LogP) is 7.48. The molecule has 0 nitrogen and oxygen atoms in total. The second kappa shape index (κ2) is 12.9. The monoisotopic (exact) mass is 290 g/mol. The van der Waals surface area contributed by atoms with Gasteiger partial charge in [0.2, 0.25) is 0 Å². The fourth-order valence-corrected chi connectivity index (χ4v) is 2.64. The zero-order chi connectivity index (χ0) is 16.1. The maximum Gasteiger partial charge on any atom is -0.0234 e. The average Bonchev–Trinajstić information content (AvgIpc) is 2.47. The van der Waals surface area contributed by atoms with E-state index in [1.165, 1.54) is 44.9 Å². The van der Waals surface area contributed by atoms with Gasteiger partial charge in [-0.15, -0.1) is 6.58 Å². The quantitative estimate of drug-likeness (QED) is 0.258. The van der Waals surface area contributed by atoms with Crippen LogP contribution in [0.25, 0.3) is 0 Å². The Balaban J connectivity index is 3.90. The number of allylic oxidation sites excluding steroid dienone is 5. The summed E-state index contributed by atoms with van der Waals surface area (Å²) in [5.41, 5.74) is 3.15. The van der Waals surface area contributed by atoms with Crippen molar-refractivity contribution >= 4 is 0 Å². The molecule has 0 saturated carbocycles. The lowest BCUT2D eigenvalue weighted by molar-refractivity contribution is 0.529. The van der Waals surface area contributed by atoms with Gasteiger partial charge in [-0.05, 0) is 70.6 Å². The van der Waals surface area contributed by atoms with Crippen molar-refractivity contribution in [3.8, 4) is 0 Å². The molecule has 2 atom stereocenters. The summed E-state index contributed by atoms with van der Waals surface area (Å²) in [6.07, 6.45) is 17.0. The van der Waals surface area contributed by atoms with Crippen molar-refractivity contribution in [2.45, 2.75) is 86.0 Å². The predicted molar refractivity (Wildman–Crippen MR) is 98.6 cm³/mol. The molecular formula is C21H38. The molecule has 0 aromatic carbocycles. The highest BCUT2D eigenvalue weighted by Crippen LogP contribution is 2.21. The number of hydrogen-bond acceptors (Lipinski definition) is 0. The normalized spacial score (nSPS) is 15.9. The summed E-state index contributed by atoms with van der Waals surface area (Å²) in [7, 11) is 0. The van der Waals surface area contributed by atoms with Crippen molar-refractivity contribution in [3.05, 3.63) is 36.0 Å². The van der Waals surface area contributed by atoms with E-state index >= 15 is 0 Å². The smallest absolute Gasteiger partial charge is 0.0234 e. The zero-order valence-corrected chi connectivity index (χ0v) is 15.3. The lowest BCUT2D eigenvalue weighted by Crippen LogP contribution is -1.99. The van der Waals surface area contributed by atoms with Gasteiger partial charge >= 0.3 is 0 Å². The van der Waals surface area contributed by atoms with Crippen molar-refractivity contribution in [2.75, 3.05) is 0 Å². The van der Waals surface area contributed by atoms with Gasteiger partial charge in [-0.2, -0.15) is 0 Å². The van der Waals surface area contributed by atoms with Crippen LogP contribution in [-0.4, -0.2) is 0 Å². The molecule has 0 spiro atoms. The van der Waals surface area contributed by atoms with E-state index in [2.05, 4.69) is 53.3 Å². The first-order valence-corrected chi connectivity index (χ1v) is 8.94. The van der Waals surface area contributed by atoms with Crippen molar-refractivity contribution in [3.63, 3.8) is 0 Å². The first kappa shape index (κ1) is 20.2. The fraction of sp³-hybridized carbons (Fsp3) is 0.714. The Morgan fingerprint density at radius 3 is 2.38 bits per heavy atom. The van der Waals surface area contributed by atoms with Gasteiger partial charge in [-0.3, -0.25) is 0 Å². The van der Waals surface area contributed by atoms with E-state index in [0.29, 0.717) is 0 Å². The summed E-state index contributed by atoms with van der Waals surface area (Å²) in [6.45, 7) is 15.3. The highest BCUT2D eigenvalue weighted by molar-refractivity contribution is 5.03. The van der Waals surface area contributed by atoms with Gasteiger partial charge in [0, 0.05) is 0 Å². The van der Waals surface area contributed by atoms with Crippen LogP contribution >= 0.6 is 0 Å². The van der Waals surface area contributed by atoms with Gasteiger partial charge in [0.05, 0.1) is 0 Å². The molecule has 0 fully saturated rings. The van der Waals surface area contributed by atoms with Crippen LogP contribution in [0.2, 0.25) is 0 Å². The van der Waals surface area contributed by atoms with Gasteiger partial charge in [-0.25, -0.2) is 0 Å². The largest absolute Gasteiger partial charge is 0.103 e. The summed E-state index contributed by atoms with van der Waals surface area (Å²) < 4.78 is 0. The van der Waals surface area contributed by atoms with E-state index in [4.69, 9.17) is 0 Å². The highest BCUT2D eigenvalue weighted by Gasteiger charge is 2.05. The summed E-state index contributed by atoms with van der Waals surface area (Å²) >= 11 is 0. The molecule has 0 aliphatic carbocycles. The maximum atomic E-state index is 3.80. The molecule has 0 aliphatic rings. The van der Waals surface area contributed by atoms with E-state index < -0.39 is 0 Å². The van der Waals surface area contributed by atoms with Gasteiger partial charge in [0.1, 0.15) is 0 Å². The maximum absolute atomic E-state index is 3.80. The zero-order valence-electron chi connectivity index (χ0n) is 15.3. The first-order chi connectivity index (χ1) is 10.0. The molecule has 0 aromatic rings. The Kier molecular flexibility index (Phi) is 12.4. The molecule has 0 N–H and O–H groups in total. The van der Waals surface area contributed by atoms with Crippen LogP contribution in [0.15, 0.2) is 36.0 Å². The van der Waals surface area contributed by atoms with Crippen molar-refractivity contribution in [2.24, 2.45) is 11.8 Å². The van der Waals surface area contributed by atoms with E-state index in [9.17, 15) is 0 Å². The van der Waals surface area contributed by atoms with E-state index in [1.807, 2.05) is 6.08 Å². The number of rotatable bonds is 12. The SMILES string of the molecule is C=CCCC(C)CC=C(C)C(C)CCCCC(C)=CCC. The minimum absolute atomic E-state index is 0.743. The first-order valence-electron chi connectivity index (χ1n) is 8.94. The second-order valence-electron chi connectivity index (χ2n) is 6.76. The standard InChI is InChI=1S/C21H38/c1-7-9-13-19(4)16-17-21(6)20(5)15-11-10-14-18(3)12-8-2/h7,12,17,19-20H,1,8-11,13-16H2,2-6H3. The molecule has 0 heterocycles. The third kappa shape index (κ3) is 11.5. The number of unbranched alkanes of at least 4 members (excludes halogenated alkanes) is 1. The van der Waals surface area contributed by atoms with Gasteiger partial charge in [0.25, 0.3) is 0 Å². The van der Waals surface area contributed by atoms with Gasteiger partial charge < -0.3 is 0 Å². The van der Waals surface area contributed by atoms with Crippen LogP contribution in [0.4, 0.5) is 0 Å². The average molecular weight is 291 g/mol. The molecule has 0 radical (unpaired) electrons. The minimum atomic E-state index is 0.743. The molecular weight excluding hydrogens is 252 g/mol. The highest BCUT2D eigenvalue weighted by atomic mass is 14.1. The molecule has 122 valence electrons. The second-order valence-corrected chi connectivity index (χ2v) is 6.76. The Morgan fingerprint density at radius 2 is 1.76 bits per heavy atom. The lowest BCUT2D eigenvalue weighted by Gasteiger charge is -2.14. The molecule has 21 heavy (non-hydrogen) atoms. The third-order valence-corrected chi connectivity index (χ3v) is 4.49. The van der Waals surface area contributed by atoms with Crippen LogP contribution in [0.1, 0.15) is 86.0 Å². The fourth-order valence-electron chi connectivity index (χ4n) is 2.64. The Morgan fingerprint density at radius 1 is 1.05 bits per heavy atom. The van der Waals surface area contributed by atoms with Crippen LogP contribution in [0, 0.1) is 11.8 Å². The van der Waals surface area contributed by atoms with E-state index in [0.717, 1.165) is 18.3 Å². The number of hydrogen-bond donors (Lipinski definition) is 0. The Labute approximate surface area is 134 Å². The molecule has 0 aliphatic heterocycles. The molecule has 0 saturated heterocycles. The molecule has 0 heteroatoms. The van der Waals surface area contributed by atoms with Gasteiger partial charge in [-0.1, -0.05) is 56.6 Å². The van der Waals surface area contributed by atoms with Crippen molar-refractivity contribution in [1.82, 2.24) is 0 Å². The Bertz CT molecular complexity index is 319. The summed E-state index contributed by atoms with van der Waals surface area (Å²) in [4.78, 5) is 0. The van der Waals surface area contributed by atoms with Crippen LogP contribution in [0.5, 0.6) is 0 Å². The Hall–Kier alpha value is -0.780. The summed E-state index contributed by atoms with van der Waals surface area (Å²) in [5.74, 6) is 1.53. The summed E-state index contributed by atoms with van der Waals surface area (Å²) in [6, 6.07) is 0. The van der Waals surface area contributed by atoms with Gasteiger partial charge in [0.15, 0.2) is 0 Å². The van der Waals surface area contributed by atoms with Crippen LogP contribution in [-0.2, 0) is 0 Å². The lowest BCUT2D eigenvalue weighted by atomic mass is 9.92. The molecule has 0 amide bonds. The van der Waals surface area contributed by atoms with Crippen molar-refractivity contribution in [1.29, 1.82) is 0 Å². The van der Waals surface area contributed by atoms with Crippen LogP contribution < -0.4 is 0 Å². The third-order valence-electron chi connectivity index (χ3n) is 4.49. The van der Waals surface area contributed by atoms with Crippen LogP contribution in [0.3, 0.4) is 0 Å². The van der Waals surface area contributed by atoms with E-state index in [-0.39, 0.29) is 0 Å². The summed E-state index contributed by atoms with van der Waals surface area (Å²) in [5, 5.41) is 0. The molecule has 0 rings (SSSR count). The van der Waals surface area contributed by atoms with Crippen molar-refractivity contribution < 1.29 is 0 Å². The molecule has 2 unspecified atom stereocenters. The topological polar surface area (TPSA) is 0 Å². The minimum Gasteiger partial charge on any atom is -0.103 e. The van der Waals surface area contributed by atoms with E-state index in [1.54, 1.807) is 11.1 Å².